The molecule has 1 aromatic carbocycles. The van der Waals surface area contributed by atoms with Crippen molar-refractivity contribution in [2.45, 2.75) is 13.5 Å². The summed E-state index contributed by atoms with van der Waals surface area (Å²) in [5.74, 6) is -0.531. The average Bonchev–Trinajstić information content (AvgIpc) is 2.80. The summed E-state index contributed by atoms with van der Waals surface area (Å²) < 4.78 is 0. The molecule has 8 heteroatoms. The lowest BCUT2D eigenvalue weighted by Gasteiger charge is -2.06. The number of hydrogen-bond donors (Lipinski definition) is 2. The summed E-state index contributed by atoms with van der Waals surface area (Å²) >= 11 is 1.42. The third kappa shape index (κ3) is 2.75. The molecule has 0 spiro atoms. The van der Waals surface area contributed by atoms with Crippen LogP contribution in [0.25, 0.3) is 0 Å². The number of nitrogens with zero attached hydrogens (tertiary/aromatic N) is 2. The quantitative estimate of drug-likeness (QED) is 0.507. The number of aryl methyl sites for hydroxylation is 1. The van der Waals surface area contributed by atoms with Gasteiger partial charge in [0.1, 0.15) is 11.3 Å². The number of nitro groups is 1. The summed E-state index contributed by atoms with van der Waals surface area (Å²) in [5, 5.41) is 13.6. The highest BCUT2D eigenvalue weighted by molar-refractivity contribution is 7.09. The maximum Gasteiger partial charge on any atom is 0.304 e. The SMILES string of the molecule is Cc1ncsc1CNC(=O)c1cccc(N)c1[N+](=O)[O-]. The number of nitrogen functional groups attached to an aromatic ring is 1. The molecule has 2 aromatic rings. The van der Waals surface area contributed by atoms with Gasteiger partial charge in [-0.05, 0) is 19.1 Å². The Balaban J connectivity index is 2.20. The second-order valence-electron chi connectivity index (χ2n) is 4.04. The smallest absolute Gasteiger partial charge is 0.304 e. The van der Waals surface area contributed by atoms with Gasteiger partial charge in [-0.25, -0.2) is 4.98 Å². The fourth-order valence-electron chi connectivity index (χ4n) is 1.70. The van der Waals surface area contributed by atoms with Crippen LogP contribution in [-0.4, -0.2) is 15.8 Å². The molecule has 1 amide bonds. The van der Waals surface area contributed by atoms with E-state index in [1.54, 1.807) is 5.51 Å². The molecular formula is C12H12N4O3S. The normalized spacial score (nSPS) is 10.2. The van der Waals surface area contributed by atoms with E-state index in [9.17, 15) is 14.9 Å². The highest BCUT2D eigenvalue weighted by Crippen LogP contribution is 2.25. The molecule has 0 saturated carbocycles. The van der Waals surface area contributed by atoms with Gasteiger partial charge in [0, 0.05) is 4.88 Å². The number of nitrogens with two attached hydrogens (primary N) is 1. The Morgan fingerprint density at radius 3 is 2.90 bits per heavy atom. The van der Waals surface area contributed by atoms with Crippen molar-refractivity contribution in [2.24, 2.45) is 0 Å². The second kappa shape index (κ2) is 5.66. The van der Waals surface area contributed by atoms with Crippen molar-refractivity contribution in [1.29, 1.82) is 0 Å². The zero-order valence-corrected chi connectivity index (χ0v) is 11.4. The first-order valence-electron chi connectivity index (χ1n) is 5.70. The van der Waals surface area contributed by atoms with Crippen molar-refractivity contribution < 1.29 is 9.72 Å². The fraction of sp³-hybridized carbons (Fsp3) is 0.167. The van der Waals surface area contributed by atoms with E-state index in [0.29, 0.717) is 0 Å². The molecule has 104 valence electrons. The van der Waals surface area contributed by atoms with E-state index >= 15 is 0 Å². The minimum atomic E-state index is -0.651. The standard InChI is InChI=1S/C12H12N4O3S/c1-7-10(20-6-15-7)5-14-12(17)8-3-2-4-9(13)11(8)16(18)19/h2-4,6H,5,13H2,1H3,(H,14,17). The van der Waals surface area contributed by atoms with Gasteiger partial charge in [0.2, 0.25) is 0 Å². The van der Waals surface area contributed by atoms with Gasteiger partial charge in [-0.3, -0.25) is 14.9 Å². The number of benzene rings is 1. The van der Waals surface area contributed by atoms with Crippen LogP contribution in [0.15, 0.2) is 23.7 Å². The molecule has 0 radical (unpaired) electrons. The van der Waals surface area contributed by atoms with Crippen molar-refractivity contribution in [2.75, 3.05) is 5.73 Å². The van der Waals surface area contributed by atoms with E-state index in [-0.39, 0.29) is 23.5 Å². The van der Waals surface area contributed by atoms with Crippen LogP contribution in [0.5, 0.6) is 0 Å². The van der Waals surface area contributed by atoms with Crippen molar-refractivity contribution >= 4 is 28.6 Å². The number of para-hydroxylation sites is 1. The summed E-state index contributed by atoms with van der Waals surface area (Å²) in [4.78, 5) is 27.3. The molecule has 0 aliphatic rings. The van der Waals surface area contributed by atoms with Crippen LogP contribution in [0.2, 0.25) is 0 Å². The fourth-order valence-corrected chi connectivity index (χ4v) is 2.42. The van der Waals surface area contributed by atoms with Gasteiger partial charge in [-0.2, -0.15) is 0 Å². The first-order valence-corrected chi connectivity index (χ1v) is 6.58. The minimum absolute atomic E-state index is 0.0309. The number of nitro benzene ring substituents is 1. The number of amides is 1. The van der Waals surface area contributed by atoms with Gasteiger partial charge in [0.05, 0.1) is 22.7 Å². The zero-order chi connectivity index (χ0) is 14.7. The van der Waals surface area contributed by atoms with E-state index in [4.69, 9.17) is 5.73 Å². The van der Waals surface area contributed by atoms with Crippen LogP contribution in [0.3, 0.4) is 0 Å². The summed E-state index contributed by atoms with van der Waals surface area (Å²) in [6.07, 6.45) is 0. The number of rotatable bonds is 4. The Labute approximate surface area is 118 Å². The number of carbonyl (C=O) groups is 1. The van der Waals surface area contributed by atoms with Gasteiger partial charge in [-0.1, -0.05) is 6.07 Å². The molecular weight excluding hydrogens is 280 g/mol. The molecule has 2 rings (SSSR count). The number of hydrogen-bond acceptors (Lipinski definition) is 6. The molecule has 1 heterocycles. The third-order valence-corrected chi connectivity index (χ3v) is 3.68. The van der Waals surface area contributed by atoms with E-state index < -0.39 is 10.8 Å². The Kier molecular flexibility index (Phi) is 3.94. The Hall–Kier alpha value is -2.48. The van der Waals surface area contributed by atoms with Crippen LogP contribution >= 0.6 is 11.3 Å². The summed E-state index contributed by atoms with van der Waals surface area (Å²) in [6.45, 7) is 2.11. The van der Waals surface area contributed by atoms with Crippen molar-refractivity contribution in [3.05, 3.63) is 50.0 Å². The van der Waals surface area contributed by atoms with Crippen LogP contribution in [0, 0.1) is 17.0 Å². The molecule has 0 aliphatic carbocycles. The highest BCUT2D eigenvalue weighted by atomic mass is 32.1. The molecule has 3 N–H and O–H groups in total. The number of thiazole rings is 1. The molecule has 20 heavy (non-hydrogen) atoms. The van der Waals surface area contributed by atoms with Crippen LogP contribution < -0.4 is 11.1 Å². The Bertz CT molecular complexity index is 668. The molecule has 0 fully saturated rings. The van der Waals surface area contributed by atoms with E-state index in [1.165, 1.54) is 29.5 Å². The topological polar surface area (TPSA) is 111 Å². The first-order chi connectivity index (χ1) is 9.50. The van der Waals surface area contributed by atoms with E-state index in [0.717, 1.165) is 10.6 Å². The predicted octanol–water partition coefficient (Wildman–Crippen LogP) is 1.87. The van der Waals surface area contributed by atoms with Crippen molar-refractivity contribution in [3.8, 4) is 0 Å². The molecule has 0 unspecified atom stereocenters. The average molecular weight is 292 g/mol. The van der Waals surface area contributed by atoms with Crippen molar-refractivity contribution in [3.63, 3.8) is 0 Å². The van der Waals surface area contributed by atoms with E-state index in [2.05, 4.69) is 10.3 Å². The van der Waals surface area contributed by atoms with Crippen molar-refractivity contribution in [1.82, 2.24) is 10.3 Å². The zero-order valence-electron chi connectivity index (χ0n) is 10.6. The monoisotopic (exact) mass is 292 g/mol. The Morgan fingerprint density at radius 2 is 2.30 bits per heavy atom. The lowest BCUT2D eigenvalue weighted by Crippen LogP contribution is -2.24. The highest BCUT2D eigenvalue weighted by Gasteiger charge is 2.23. The summed E-state index contributed by atoms with van der Waals surface area (Å²) in [5.41, 5.74) is 7.61. The van der Waals surface area contributed by atoms with Gasteiger partial charge >= 0.3 is 5.69 Å². The second-order valence-corrected chi connectivity index (χ2v) is 4.98. The van der Waals surface area contributed by atoms with Gasteiger partial charge in [0.15, 0.2) is 0 Å². The van der Waals surface area contributed by atoms with Gasteiger partial charge in [0.25, 0.3) is 5.91 Å². The van der Waals surface area contributed by atoms with E-state index in [1.807, 2.05) is 6.92 Å². The van der Waals surface area contributed by atoms with Crippen LogP contribution in [-0.2, 0) is 6.54 Å². The number of aromatic nitrogens is 1. The third-order valence-electron chi connectivity index (χ3n) is 2.75. The lowest BCUT2D eigenvalue weighted by atomic mass is 10.1. The maximum absolute atomic E-state index is 12.0. The lowest BCUT2D eigenvalue weighted by molar-refractivity contribution is -0.384. The molecule has 7 nitrogen and oxygen atoms in total. The number of nitrogens with one attached hydrogen (secondary N) is 1. The van der Waals surface area contributed by atoms with Crippen LogP contribution in [0.4, 0.5) is 11.4 Å². The summed E-state index contributed by atoms with van der Waals surface area (Å²) in [6, 6.07) is 4.28. The minimum Gasteiger partial charge on any atom is -0.393 e. The largest absolute Gasteiger partial charge is 0.393 e. The first kappa shape index (κ1) is 13.9. The molecule has 0 bridgehead atoms. The van der Waals surface area contributed by atoms with Crippen LogP contribution in [0.1, 0.15) is 20.9 Å². The predicted molar refractivity (Wildman–Crippen MR) is 75.5 cm³/mol. The molecule has 0 aliphatic heterocycles. The molecule has 0 atom stereocenters. The molecule has 0 saturated heterocycles. The van der Waals surface area contributed by atoms with Gasteiger partial charge < -0.3 is 11.1 Å². The number of anilines is 1. The van der Waals surface area contributed by atoms with Gasteiger partial charge in [-0.15, -0.1) is 11.3 Å². The Morgan fingerprint density at radius 1 is 1.55 bits per heavy atom. The number of carbonyl (C=O) groups excluding carboxylic acids is 1. The summed E-state index contributed by atoms with van der Waals surface area (Å²) in [7, 11) is 0. The maximum atomic E-state index is 12.0. The molecule has 1 aromatic heterocycles.